The van der Waals surface area contributed by atoms with Gasteiger partial charge in [0, 0.05) is 12.6 Å². The molecule has 0 saturated carbocycles. The van der Waals surface area contributed by atoms with Crippen molar-refractivity contribution in [1.29, 1.82) is 0 Å². The summed E-state index contributed by atoms with van der Waals surface area (Å²) in [6.45, 7) is 8.20. The molecule has 0 rings (SSSR count). The molecule has 16 heavy (non-hydrogen) atoms. The summed E-state index contributed by atoms with van der Waals surface area (Å²) in [5.41, 5.74) is 0. The number of hydrogen-bond acceptors (Lipinski definition) is 2. The molecule has 0 aromatic heterocycles. The monoisotopic (exact) mass is 229 g/mol. The van der Waals surface area contributed by atoms with Gasteiger partial charge in [-0.05, 0) is 26.8 Å². The first kappa shape index (κ1) is 15.4. The molecule has 0 unspecified atom stereocenters. The molecule has 0 atom stereocenters. The maximum Gasteiger partial charge on any atom is 0.304 e. The highest BCUT2D eigenvalue weighted by molar-refractivity contribution is 5.66. The first-order chi connectivity index (χ1) is 7.57. The number of aliphatic carboxylic acids is 1. The summed E-state index contributed by atoms with van der Waals surface area (Å²) in [5.74, 6) is -0.698. The summed E-state index contributed by atoms with van der Waals surface area (Å²) >= 11 is 0. The fourth-order valence-corrected chi connectivity index (χ4v) is 1.79. The van der Waals surface area contributed by atoms with Crippen LogP contribution in [0.4, 0.5) is 0 Å². The average molecular weight is 229 g/mol. The summed E-state index contributed by atoms with van der Waals surface area (Å²) in [4.78, 5) is 12.8. The van der Waals surface area contributed by atoms with E-state index in [1.54, 1.807) is 0 Å². The summed E-state index contributed by atoms with van der Waals surface area (Å²) in [7, 11) is 0. The lowest BCUT2D eigenvalue weighted by atomic mass is 10.1. The minimum absolute atomic E-state index is 0.257. The van der Waals surface area contributed by atoms with Crippen LogP contribution >= 0.6 is 0 Å². The molecule has 3 nitrogen and oxygen atoms in total. The van der Waals surface area contributed by atoms with Crippen molar-refractivity contribution in [1.82, 2.24) is 4.90 Å². The second-order valence-corrected chi connectivity index (χ2v) is 4.69. The second-order valence-electron chi connectivity index (χ2n) is 4.69. The molecular weight excluding hydrogens is 202 g/mol. The Morgan fingerprint density at radius 3 is 2.25 bits per heavy atom. The molecule has 0 saturated heterocycles. The van der Waals surface area contributed by atoms with Gasteiger partial charge in [0.05, 0.1) is 6.42 Å². The van der Waals surface area contributed by atoms with Gasteiger partial charge in [0.25, 0.3) is 0 Å². The van der Waals surface area contributed by atoms with E-state index in [2.05, 4.69) is 25.7 Å². The van der Waals surface area contributed by atoms with Gasteiger partial charge in [-0.15, -0.1) is 0 Å². The summed E-state index contributed by atoms with van der Waals surface area (Å²) < 4.78 is 0. The van der Waals surface area contributed by atoms with E-state index in [0.717, 1.165) is 6.54 Å². The Labute approximate surface area is 99.8 Å². The van der Waals surface area contributed by atoms with Gasteiger partial charge in [-0.2, -0.15) is 0 Å². The topological polar surface area (TPSA) is 40.5 Å². The third-order valence-electron chi connectivity index (χ3n) is 2.89. The average Bonchev–Trinajstić information content (AvgIpc) is 2.21. The van der Waals surface area contributed by atoms with Crippen LogP contribution in [0.3, 0.4) is 0 Å². The zero-order valence-corrected chi connectivity index (χ0v) is 11.0. The normalized spacial score (nSPS) is 11.3. The third kappa shape index (κ3) is 8.72. The van der Waals surface area contributed by atoms with Crippen molar-refractivity contribution in [3.63, 3.8) is 0 Å². The smallest absolute Gasteiger partial charge is 0.304 e. The Bertz CT molecular complexity index is 181. The molecule has 0 heterocycles. The highest BCUT2D eigenvalue weighted by Crippen LogP contribution is 2.07. The first-order valence-electron chi connectivity index (χ1n) is 6.53. The molecule has 0 aliphatic heterocycles. The molecule has 96 valence electrons. The van der Waals surface area contributed by atoms with Crippen molar-refractivity contribution in [2.45, 2.75) is 65.3 Å². The Morgan fingerprint density at radius 2 is 1.75 bits per heavy atom. The highest BCUT2D eigenvalue weighted by atomic mass is 16.4. The van der Waals surface area contributed by atoms with Crippen molar-refractivity contribution in [2.24, 2.45) is 0 Å². The van der Waals surface area contributed by atoms with Gasteiger partial charge in [-0.1, -0.05) is 32.6 Å². The van der Waals surface area contributed by atoms with E-state index >= 15 is 0 Å². The lowest BCUT2D eigenvalue weighted by molar-refractivity contribution is -0.137. The number of hydrogen-bond donors (Lipinski definition) is 1. The van der Waals surface area contributed by atoms with E-state index < -0.39 is 5.97 Å². The third-order valence-corrected chi connectivity index (χ3v) is 2.89. The van der Waals surface area contributed by atoms with Crippen LogP contribution in [0.2, 0.25) is 0 Å². The zero-order valence-electron chi connectivity index (χ0n) is 11.0. The van der Waals surface area contributed by atoms with Gasteiger partial charge >= 0.3 is 5.97 Å². The largest absolute Gasteiger partial charge is 0.481 e. The Hall–Kier alpha value is -0.570. The van der Waals surface area contributed by atoms with E-state index in [0.29, 0.717) is 12.6 Å². The quantitative estimate of drug-likeness (QED) is 0.585. The number of unbranched alkanes of at least 4 members (excludes halogenated alkanes) is 4. The van der Waals surface area contributed by atoms with Crippen LogP contribution in [-0.2, 0) is 4.79 Å². The Balaban J connectivity index is 3.64. The van der Waals surface area contributed by atoms with E-state index in [4.69, 9.17) is 5.11 Å². The number of nitrogens with zero attached hydrogens (tertiary/aromatic N) is 1. The van der Waals surface area contributed by atoms with Crippen LogP contribution < -0.4 is 0 Å². The SMILES string of the molecule is CCCCCCCN(CCC(=O)O)C(C)C. The van der Waals surface area contributed by atoms with Crippen molar-refractivity contribution >= 4 is 5.97 Å². The second kappa shape index (κ2) is 9.64. The lowest BCUT2D eigenvalue weighted by Crippen LogP contribution is -2.33. The summed E-state index contributed by atoms with van der Waals surface area (Å²) in [6, 6.07) is 0.450. The fourth-order valence-electron chi connectivity index (χ4n) is 1.79. The van der Waals surface area contributed by atoms with Crippen LogP contribution in [0.5, 0.6) is 0 Å². The first-order valence-corrected chi connectivity index (χ1v) is 6.53. The maximum absolute atomic E-state index is 10.5. The molecular formula is C13H27NO2. The number of carbonyl (C=O) groups is 1. The predicted molar refractivity (Wildman–Crippen MR) is 67.7 cm³/mol. The molecule has 0 amide bonds. The highest BCUT2D eigenvalue weighted by Gasteiger charge is 2.10. The molecule has 0 aliphatic rings. The van der Waals surface area contributed by atoms with Crippen molar-refractivity contribution in [2.75, 3.05) is 13.1 Å². The van der Waals surface area contributed by atoms with Crippen molar-refractivity contribution in [3.05, 3.63) is 0 Å². The molecule has 1 N–H and O–H groups in total. The van der Waals surface area contributed by atoms with Gasteiger partial charge < -0.3 is 10.0 Å². The molecule has 0 bridgehead atoms. The lowest BCUT2D eigenvalue weighted by Gasteiger charge is -2.25. The van der Waals surface area contributed by atoms with Gasteiger partial charge in [0.2, 0.25) is 0 Å². The minimum atomic E-state index is -0.698. The summed E-state index contributed by atoms with van der Waals surface area (Å²) in [5, 5.41) is 8.66. The molecule has 0 fully saturated rings. The van der Waals surface area contributed by atoms with Gasteiger partial charge in [-0.25, -0.2) is 0 Å². The molecule has 3 heteroatoms. The number of carboxylic acids is 1. The van der Waals surface area contributed by atoms with Crippen LogP contribution in [0.1, 0.15) is 59.3 Å². The van der Waals surface area contributed by atoms with Gasteiger partial charge in [0.1, 0.15) is 0 Å². The van der Waals surface area contributed by atoms with Crippen molar-refractivity contribution in [3.8, 4) is 0 Å². The maximum atomic E-state index is 10.5. The standard InChI is InChI=1S/C13H27NO2/c1-4-5-6-7-8-10-14(12(2)3)11-9-13(15)16/h12H,4-11H2,1-3H3,(H,15,16). The number of carboxylic acid groups (broad SMARTS) is 1. The van der Waals surface area contributed by atoms with E-state index in [9.17, 15) is 4.79 Å². The zero-order chi connectivity index (χ0) is 12.4. The number of rotatable bonds is 10. The van der Waals surface area contributed by atoms with Crippen LogP contribution in [-0.4, -0.2) is 35.1 Å². The van der Waals surface area contributed by atoms with E-state index in [1.165, 1.54) is 32.1 Å². The Morgan fingerprint density at radius 1 is 1.12 bits per heavy atom. The molecule has 0 radical (unpaired) electrons. The summed E-state index contributed by atoms with van der Waals surface area (Å²) in [6.07, 6.45) is 6.61. The minimum Gasteiger partial charge on any atom is -0.481 e. The fraction of sp³-hybridized carbons (Fsp3) is 0.923. The predicted octanol–water partition coefficient (Wildman–Crippen LogP) is 3.14. The van der Waals surface area contributed by atoms with Crippen LogP contribution in [0.15, 0.2) is 0 Å². The molecule has 0 aromatic carbocycles. The van der Waals surface area contributed by atoms with Crippen molar-refractivity contribution < 1.29 is 9.90 Å². The van der Waals surface area contributed by atoms with E-state index in [1.807, 2.05) is 0 Å². The molecule has 0 aliphatic carbocycles. The Kier molecular flexibility index (Phi) is 9.30. The van der Waals surface area contributed by atoms with Crippen LogP contribution in [0, 0.1) is 0 Å². The molecule has 0 spiro atoms. The molecule has 0 aromatic rings. The van der Waals surface area contributed by atoms with Crippen LogP contribution in [0.25, 0.3) is 0 Å². The van der Waals surface area contributed by atoms with Gasteiger partial charge in [-0.3, -0.25) is 4.79 Å². The van der Waals surface area contributed by atoms with E-state index in [-0.39, 0.29) is 6.42 Å². The van der Waals surface area contributed by atoms with Gasteiger partial charge in [0.15, 0.2) is 0 Å².